The van der Waals surface area contributed by atoms with E-state index in [0.717, 1.165) is 50.2 Å². The first-order valence-electron chi connectivity index (χ1n) is 10.4. The lowest BCUT2D eigenvalue weighted by Crippen LogP contribution is -2.50. The van der Waals surface area contributed by atoms with Gasteiger partial charge in [-0.15, -0.1) is 12.4 Å². The summed E-state index contributed by atoms with van der Waals surface area (Å²) in [4.78, 5) is 2.63. The van der Waals surface area contributed by atoms with Crippen molar-refractivity contribution in [2.45, 2.75) is 43.0 Å². The molecule has 30 heavy (non-hydrogen) atoms. The van der Waals surface area contributed by atoms with Crippen LogP contribution >= 0.6 is 12.4 Å². The zero-order valence-corrected chi connectivity index (χ0v) is 19.3. The van der Waals surface area contributed by atoms with Crippen LogP contribution in [0, 0.1) is 12.8 Å². The molecule has 4 rings (SSSR count). The van der Waals surface area contributed by atoms with Crippen LogP contribution in [-0.4, -0.2) is 45.4 Å². The summed E-state index contributed by atoms with van der Waals surface area (Å²) in [6.45, 7) is 5.16. The van der Waals surface area contributed by atoms with Crippen LogP contribution in [0.25, 0.3) is 0 Å². The molecule has 2 aromatic carbocycles. The molecule has 0 bridgehead atoms. The van der Waals surface area contributed by atoms with Crippen LogP contribution in [0.1, 0.15) is 29.5 Å². The van der Waals surface area contributed by atoms with Gasteiger partial charge in [-0.25, -0.2) is 8.42 Å². The van der Waals surface area contributed by atoms with Gasteiger partial charge in [0.05, 0.1) is 12.0 Å². The number of methoxy groups -OCH3 is 1. The Hall–Kier alpha value is -1.60. The minimum Gasteiger partial charge on any atom is -0.497 e. The van der Waals surface area contributed by atoms with E-state index in [4.69, 9.17) is 4.74 Å². The average Bonchev–Trinajstić information content (AvgIpc) is 2.74. The van der Waals surface area contributed by atoms with E-state index < -0.39 is 15.2 Å². The zero-order chi connectivity index (χ0) is 20.4. The van der Waals surface area contributed by atoms with Crippen LogP contribution in [0.4, 0.5) is 0 Å². The van der Waals surface area contributed by atoms with E-state index in [9.17, 15) is 8.42 Å². The highest BCUT2D eigenvalue weighted by atomic mass is 35.5. The maximum Gasteiger partial charge on any atom is 0.194 e. The lowest BCUT2D eigenvalue weighted by Gasteiger charge is -2.40. The Morgan fingerprint density at radius 3 is 2.43 bits per heavy atom. The molecule has 1 unspecified atom stereocenters. The van der Waals surface area contributed by atoms with Gasteiger partial charge in [-0.3, -0.25) is 4.90 Å². The molecule has 0 aliphatic carbocycles. The second-order valence-corrected chi connectivity index (χ2v) is 10.2. The summed E-state index contributed by atoms with van der Waals surface area (Å²) in [5, 5.41) is 2.89. The van der Waals surface area contributed by atoms with Crippen molar-refractivity contribution in [1.82, 2.24) is 10.2 Å². The van der Waals surface area contributed by atoms with Crippen LogP contribution in [0.15, 0.2) is 47.4 Å². The lowest BCUT2D eigenvalue weighted by atomic mass is 9.94. The smallest absolute Gasteiger partial charge is 0.194 e. The maximum absolute atomic E-state index is 13.8. The lowest BCUT2D eigenvalue weighted by molar-refractivity contribution is 0.159. The summed E-state index contributed by atoms with van der Waals surface area (Å²) in [5.41, 5.74) is 3.54. The average molecular weight is 451 g/mol. The van der Waals surface area contributed by atoms with Gasteiger partial charge in [0.2, 0.25) is 0 Å². The summed E-state index contributed by atoms with van der Waals surface area (Å²) in [6, 6.07) is 13.5. The molecule has 2 heterocycles. The molecule has 0 spiro atoms. The normalized spacial score (nSPS) is 18.9. The number of sulfone groups is 1. The standard InChI is InChI=1S/C23H30N2O3S.ClH/c1-17-3-7-22(8-4-17)29(26,27)23(18-9-12-24-13-10-18)25-14-11-19-15-21(28-2)6-5-20(19)16-25;/h3-8,15,18,23-24H,9-14,16H2,1-2H3;1H. The van der Waals surface area contributed by atoms with Crippen molar-refractivity contribution in [3.8, 4) is 5.75 Å². The predicted molar refractivity (Wildman–Crippen MR) is 122 cm³/mol. The Morgan fingerprint density at radius 1 is 1.07 bits per heavy atom. The molecule has 0 amide bonds. The first-order valence-corrected chi connectivity index (χ1v) is 11.9. The minimum atomic E-state index is -3.46. The molecule has 0 aromatic heterocycles. The fourth-order valence-corrected chi connectivity index (χ4v) is 6.79. The molecule has 7 heteroatoms. The summed E-state index contributed by atoms with van der Waals surface area (Å²) < 4.78 is 32.9. The molecular weight excluding hydrogens is 420 g/mol. The van der Waals surface area contributed by atoms with Crippen molar-refractivity contribution < 1.29 is 13.2 Å². The quantitative estimate of drug-likeness (QED) is 0.754. The monoisotopic (exact) mass is 450 g/mol. The summed E-state index contributed by atoms with van der Waals surface area (Å²) in [7, 11) is -1.78. The van der Waals surface area contributed by atoms with Crippen molar-refractivity contribution >= 4 is 22.2 Å². The van der Waals surface area contributed by atoms with E-state index >= 15 is 0 Å². The number of hydrogen-bond donors (Lipinski definition) is 1. The predicted octanol–water partition coefficient (Wildman–Crippen LogP) is 3.58. The molecule has 2 aromatic rings. The number of hydrogen-bond acceptors (Lipinski definition) is 5. The first-order chi connectivity index (χ1) is 14.0. The molecule has 1 fully saturated rings. The topological polar surface area (TPSA) is 58.6 Å². The highest BCUT2D eigenvalue weighted by Gasteiger charge is 2.40. The van der Waals surface area contributed by atoms with Gasteiger partial charge in [0.15, 0.2) is 9.84 Å². The maximum atomic E-state index is 13.8. The number of ether oxygens (including phenoxy) is 1. The molecule has 164 valence electrons. The highest BCUT2D eigenvalue weighted by molar-refractivity contribution is 7.92. The van der Waals surface area contributed by atoms with Crippen molar-refractivity contribution in [3.05, 3.63) is 59.2 Å². The molecule has 0 radical (unpaired) electrons. The van der Waals surface area contributed by atoms with E-state index in [0.29, 0.717) is 11.4 Å². The van der Waals surface area contributed by atoms with Crippen LogP contribution in [-0.2, 0) is 22.8 Å². The number of halogens is 1. The molecule has 5 nitrogen and oxygen atoms in total. The SMILES string of the molecule is COc1ccc2c(c1)CCN(C(C1CCNCC1)S(=O)(=O)c1ccc(C)cc1)C2.Cl. The van der Waals surface area contributed by atoms with E-state index in [1.165, 1.54) is 11.1 Å². The van der Waals surface area contributed by atoms with Crippen molar-refractivity contribution in [2.24, 2.45) is 5.92 Å². The third-order valence-electron chi connectivity index (χ3n) is 6.27. The number of rotatable bonds is 5. The molecule has 1 atom stereocenters. The van der Waals surface area contributed by atoms with Crippen molar-refractivity contribution in [1.29, 1.82) is 0 Å². The van der Waals surface area contributed by atoms with Crippen LogP contribution in [0.2, 0.25) is 0 Å². The Labute approximate surface area is 186 Å². The van der Waals surface area contributed by atoms with Crippen LogP contribution in [0.3, 0.4) is 0 Å². The van der Waals surface area contributed by atoms with Crippen molar-refractivity contribution in [2.75, 3.05) is 26.7 Å². The van der Waals surface area contributed by atoms with E-state index in [1.54, 1.807) is 19.2 Å². The van der Waals surface area contributed by atoms with Gasteiger partial charge < -0.3 is 10.1 Å². The van der Waals surface area contributed by atoms with Gasteiger partial charge in [-0.2, -0.15) is 0 Å². The Bertz CT molecular complexity index is 957. The third-order valence-corrected chi connectivity index (χ3v) is 8.52. The van der Waals surface area contributed by atoms with Crippen LogP contribution in [0.5, 0.6) is 5.75 Å². The minimum absolute atomic E-state index is 0. The fourth-order valence-electron chi connectivity index (χ4n) is 4.64. The van der Waals surface area contributed by atoms with Gasteiger partial charge in [0.25, 0.3) is 0 Å². The van der Waals surface area contributed by atoms with E-state index in [1.807, 2.05) is 25.1 Å². The number of benzene rings is 2. The van der Waals surface area contributed by atoms with Gasteiger partial charge in [-0.1, -0.05) is 23.8 Å². The number of nitrogens with zero attached hydrogens (tertiary/aromatic N) is 1. The Morgan fingerprint density at radius 2 is 1.77 bits per heavy atom. The van der Waals surface area contributed by atoms with Gasteiger partial charge in [0, 0.05) is 13.1 Å². The molecule has 0 saturated carbocycles. The first kappa shape index (κ1) is 23.1. The summed E-state index contributed by atoms with van der Waals surface area (Å²) in [5.74, 6) is 1.00. The Balaban J connectivity index is 0.00000256. The van der Waals surface area contributed by atoms with E-state index in [-0.39, 0.29) is 18.3 Å². The summed E-state index contributed by atoms with van der Waals surface area (Å²) >= 11 is 0. The fraction of sp³-hybridized carbons (Fsp3) is 0.478. The number of aryl methyl sites for hydroxylation is 1. The number of nitrogens with one attached hydrogen (secondary N) is 1. The van der Waals surface area contributed by atoms with E-state index in [2.05, 4.69) is 22.3 Å². The van der Waals surface area contributed by atoms with Gasteiger partial charge in [0.1, 0.15) is 11.1 Å². The zero-order valence-electron chi connectivity index (χ0n) is 17.6. The highest BCUT2D eigenvalue weighted by Crippen LogP contribution is 2.34. The van der Waals surface area contributed by atoms with Gasteiger partial charge >= 0.3 is 0 Å². The second kappa shape index (κ2) is 9.69. The molecular formula is C23H31ClN2O3S. The largest absolute Gasteiger partial charge is 0.497 e. The second-order valence-electron chi connectivity index (χ2n) is 8.19. The molecule has 2 aliphatic rings. The molecule has 2 aliphatic heterocycles. The number of fused-ring (bicyclic) bond motifs is 1. The van der Waals surface area contributed by atoms with Crippen LogP contribution < -0.4 is 10.1 Å². The van der Waals surface area contributed by atoms with Gasteiger partial charge in [-0.05, 0) is 80.6 Å². The number of piperidine rings is 1. The van der Waals surface area contributed by atoms with Crippen molar-refractivity contribution in [3.63, 3.8) is 0 Å². The third kappa shape index (κ3) is 4.67. The Kier molecular flexibility index (Phi) is 7.45. The molecule has 1 saturated heterocycles. The molecule has 1 N–H and O–H groups in total. The summed E-state index contributed by atoms with van der Waals surface area (Å²) in [6.07, 6.45) is 2.63.